The van der Waals surface area contributed by atoms with Crippen molar-refractivity contribution >= 4 is 6.21 Å². The molecule has 0 spiro atoms. The largest absolute Gasteiger partial charge is 0.505 e. The minimum atomic E-state index is -0.196. The minimum absolute atomic E-state index is 0.0648. The van der Waals surface area contributed by atoms with E-state index in [4.69, 9.17) is 9.47 Å². The molecule has 0 amide bonds. The molecule has 1 aromatic carbocycles. The average Bonchev–Trinajstić information content (AvgIpc) is 2.75. The first kappa shape index (κ1) is 20.3. The van der Waals surface area contributed by atoms with Gasteiger partial charge in [0.25, 0.3) is 0 Å². The zero-order valence-corrected chi connectivity index (χ0v) is 16.4. The van der Waals surface area contributed by atoms with Gasteiger partial charge < -0.3 is 24.6 Å². The molecule has 3 N–H and O–H groups in total. The second kappa shape index (κ2) is 9.64. The molecule has 1 aliphatic rings. The fourth-order valence-corrected chi connectivity index (χ4v) is 3.46. The van der Waals surface area contributed by atoms with Gasteiger partial charge in [0.2, 0.25) is 0 Å². The lowest BCUT2D eigenvalue weighted by molar-refractivity contribution is -0.937. The highest BCUT2D eigenvalue weighted by Crippen LogP contribution is 2.22. The molecular weight excluding hydrogens is 358 g/mol. The summed E-state index contributed by atoms with van der Waals surface area (Å²) in [4.78, 5) is 10.1. The van der Waals surface area contributed by atoms with Crippen LogP contribution in [0.4, 0.5) is 0 Å². The van der Waals surface area contributed by atoms with Crippen LogP contribution in [0.15, 0.2) is 35.5 Å². The number of aliphatic hydroxyl groups excluding tert-OH is 1. The SMILES string of the molecule is COc1ccc([C@@H](CN=Cc2c(CO)cnc(C)c2O)[NH+]2CCOCC2)cc1. The second-order valence-corrected chi connectivity index (χ2v) is 6.88. The van der Waals surface area contributed by atoms with E-state index < -0.39 is 0 Å². The summed E-state index contributed by atoms with van der Waals surface area (Å²) in [6.07, 6.45) is 3.22. The molecule has 1 atom stereocenters. The van der Waals surface area contributed by atoms with Gasteiger partial charge in [-0.1, -0.05) is 0 Å². The van der Waals surface area contributed by atoms with Crippen molar-refractivity contribution in [3.63, 3.8) is 0 Å². The first-order valence-electron chi connectivity index (χ1n) is 9.48. The van der Waals surface area contributed by atoms with Gasteiger partial charge in [-0.2, -0.15) is 0 Å². The van der Waals surface area contributed by atoms with Crippen molar-refractivity contribution in [2.24, 2.45) is 4.99 Å². The molecule has 7 nitrogen and oxygen atoms in total. The van der Waals surface area contributed by atoms with E-state index in [1.54, 1.807) is 26.4 Å². The van der Waals surface area contributed by atoms with Gasteiger partial charge in [0.1, 0.15) is 30.6 Å². The fourth-order valence-electron chi connectivity index (χ4n) is 3.46. The van der Waals surface area contributed by atoms with Crippen molar-refractivity contribution in [2.75, 3.05) is 40.0 Å². The maximum Gasteiger partial charge on any atom is 0.145 e. The molecule has 3 rings (SSSR count). The van der Waals surface area contributed by atoms with Crippen LogP contribution in [0.2, 0.25) is 0 Å². The standard InChI is InChI=1S/C21H27N3O4/c1-15-21(26)19(17(14-25)11-23-15)12-22-13-20(24-7-9-28-10-8-24)16-3-5-18(27-2)6-4-16/h3-6,11-12,20,25-26H,7-10,13-14H2,1-2H3/p+1/t20-/m1/s1. The molecule has 1 aliphatic heterocycles. The van der Waals surface area contributed by atoms with E-state index in [9.17, 15) is 10.2 Å². The molecule has 1 saturated heterocycles. The van der Waals surface area contributed by atoms with Crippen molar-refractivity contribution in [3.05, 3.63) is 52.8 Å². The van der Waals surface area contributed by atoms with Crippen molar-refractivity contribution in [2.45, 2.75) is 19.6 Å². The van der Waals surface area contributed by atoms with Crippen LogP contribution in [0.1, 0.15) is 28.4 Å². The monoisotopic (exact) mass is 386 g/mol. The number of nitrogens with zero attached hydrogens (tertiary/aromatic N) is 2. The Balaban J connectivity index is 1.83. The van der Waals surface area contributed by atoms with Gasteiger partial charge in [0, 0.05) is 29.1 Å². The van der Waals surface area contributed by atoms with Crippen molar-refractivity contribution in [1.29, 1.82) is 0 Å². The predicted octanol–water partition coefficient (Wildman–Crippen LogP) is 0.672. The number of aliphatic hydroxyl groups is 1. The van der Waals surface area contributed by atoms with Gasteiger partial charge in [-0.3, -0.25) is 9.98 Å². The Morgan fingerprint density at radius 2 is 2.00 bits per heavy atom. The number of rotatable bonds is 7. The van der Waals surface area contributed by atoms with E-state index in [-0.39, 0.29) is 18.4 Å². The lowest BCUT2D eigenvalue weighted by Gasteiger charge is -2.31. The molecule has 2 aromatic rings. The van der Waals surface area contributed by atoms with Gasteiger partial charge >= 0.3 is 0 Å². The zero-order chi connectivity index (χ0) is 19.9. The number of ether oxygens (including phenoxy) is 2. The maximum atomic E-state index is 10.3. The lowest BCUT2D eigenvalue weighted by atomic mass is 10.0. The van der Waals surface area contributed by atoms with Crippen LogP contribution in [0.3, 0.4) is 0 Å². The Hall–Kier alpha value is -2.48. The minimum Gasteiger partial charge on any atom is -0.505 e. The molecule has 150 valence electrons. The number of benzene rings is 1. The molecule has 0 bridgehead atoms. The first-order chi connectivity index (χ1) is 13.6. The third-order valence-electron chi connectivity index (χ3n) is 5.18. The summed E-state index contributed by atoms with van der Waals surface area (Å²) in [5.41, 5.74) is 2.79. The summed E-state index contributed by atoms with van der Waals surface area (Å²) in [5, 5.41) is 19.8. The smallest absolute Gasteiger partial charge is 0.145 e. The summed E-state index contributed by atoms with van der Waals surface area (Å²) in [6, 6.07) is 8.26. The normalized spacial score (nSPS) is 16.4. The van der Waals surface area contributed by atoms with Crippen LogP contribution in [-0.2, 0) is 11.3 Å². The number of aromatic nitrogens is 1. The highest BCUT2D eigenvalue weighted by atomic mass is 16.5. The number of methoxy groups -OCH3 is 1. The Morgan fingerprint density at radius 1 is 1.29 bits per heavy atom. The Kier molecular flexibility index (Phi) is 6.97. The Morgan fingerprint density at radius 3 is 2.64 bits per heavy atom. The van der Waals surface area contributed by atoms with E-state index in [0.29, 0.717) is 23.4 Å². The Bertz CT molecular complexity index is 802. The van der Waals surface area contributed by atoms with Gasteiger partial charge in [-0.25, -0.2) is 0 Å². The van der Waals surface area contributed by atoms with Crippen molar-refractivity contribution in [1.82, 2.24) is 4.98 Å². The van der Waals surface area contributed by atoms with E-state index in [1.165, 1.54) is 10.5 Å². The van der Waals surface area contributed by atoms with E-state index in [2.05, 4.69) is 22.1 Å². The summed E-state index contributed by atoms with van der Waals surface area (Å²) in [5.74, 6) is 0.891. The molecule has 0 saturated carbocycles. The lowest BCUT2D eigenvalue weighted by Crippen LogP contribution is -3.14. The van der Waals surface area contributed by atoms with Crippen LogP contribution >= 0.6 is 0 Å². The summed E-state index contributed by atoms with van der Waals surface area (Å²) >= 11 is 0. The van der Waals surface area contributed by atoms with E-state index in [0.717, 1.165) is 32.1 Å². The second-order valence-electron chi connectivity index (χ2n) is 6.88. The van der Waals surface area contributed by atoms with Crippen LogP contribution in [-0.4, -0.2) is 61.4 Å². The van der Waals surface area contributed by atoms with Crippen molar-refractivity contribution < 1.29 is 24.6 Å². The number of morpholine rings is 1. The van der Waals surface area contributed by atoms with Gasteiger partial charge in [-0.15, -0.1) is 0 Å². The number of hydrogen-bond donors (Lipinski definition) is 3. The Labute approximate surface area is 165 Å². The average molecular weight is 386 g/mol. The molecule has 2 heterocycles. The fraction of sp³-hybridized carbons (Fsp3) is 0.429. The first-order valence-corrected chi connectivity index (χ1v) is 9.48. The van der Waals surface area contributed by atoms with Crippen LogP contribution in [0, 0.1) is 6.92 Å². The number of pyridine rings is 1. The van der Waals surface area contributed by atoms with Crippen LogP contribution in [0.25, 0.3) is 0 Å². The summed E-state index contributed by atoms with van der Waals surface area (Å²) in [6.45, 7) is 5.43. The molecule has 1 fully saturated rings. The van der Waals surface area contributed by atoms with Crippen LogP contribution < -0.4 is 9.64 Å². The number of quaternary nitrogens is 1. The molecule has 0 aliphatic carbocycles. The topological polar surface area (TPSA) is 88.6 Å². The third kappa shape index (κ3) is 4.67. The quantitative estimate of drug-likeness (QED) is 0.609. The number of aromatic hydroxyl groups is 1. The van der Waals surface area contributed by atoms with Gasteiger partial charge in [0.05, 0.1) is 39.2 Å². The molecule has 0 radical (unpaired) electrons. The maximum absolute atomic E-state index is 10.3. The van der Waals surface area contributed by atoms with Gasteiger partial charge in [0.15, 0.2) is 0 Å². The predicted molar refractivity (Wildman–Crippen MR) is 106 cm³/mol. The van der Waals surface area contributed by atoms with Crippen molar-refractivity contribution in [3.8, 4) is 11.5 Å². The highest BCUT2D eigenvalue weighted by molar-refractivity contribution is 5.85. The molecule has 7 heteroatoms. The van der Waals surface area contributed by atoms with Crippen LogP contribution in [0.5, 0.6) is 11.5 Å². The summed E-state index contributed by atoms with van der Waals surface area (Å²) in [7, 11) is 1.66. The molecule has 1 aromatic heterocycles. The number of aryl methyl sites for hydroxylation is 1. The molecule has 28 heavy (non-hydrogen) atoms. The number of nitrogens with one attached hydrogen (secondary N) is 1. The number of aliphatic imine (C=N–C) groups is 1. The zero-order valence-electron chi connectivity index (χ0n) is 16.4. The third-order valence-corrected chi connectivity index (χ3v) is 5.18. The summed E-state index contributed by atoms with van der Waals surface area (Å²) < 4.78 is 10.8. The highest BCUT2D eigenvalue weighted by Gasteiger charge is 2.26. The van der Waals surface area contributed by atoms with Gasteiger partial charge in [-0.05, 0) is 31.2 Å². The van der Waals surface area contributed by atoms with E-state index >= 15 is 0 Å². The number of hydrogen-bond acceptors (Lipinski definition) is 6. The molecule has 0 unspecified atom stereocenters. The van der Waals surface area contributed by atoms with E-state index in [1.807, 2.05) is 12.1 Å². The molecular formula is C21H28N3O4+.